The number of para-hydroxylation sites is 1. The second-order valence-electron chi connectivity index (χ2n) is 8.84. The lowest BCUT2D eigenvalue weighted by atomic mass is 9.84. The van der Waals surface area contributed by atoms with Gasteiger partial charge in [0.05, 0.1) is 24.2 Å². The zero-order valence-electron chi connectivity index (χ0n) is 18.9. The van der Waals surface area contributed by atoms with Crippen molar-refractivity contribution in [1.29, 1.82) is 0 Å². The summed E-state index contributed by atoms with van der Waals surface area (Å²) in [5.41, 5.74) is 1.89. The Hall–Kier alpha value is -3.16. The molecule has 1 aromatic heterocycles. The van der Waals surface area contributed by atoms with Gasteiger partial charge in [-0.1, -0.05) is 12.1 Å². The molecule has 2 amide bonds. The number of rotatable bonds is 5. The highest BCUT2D eigenvalue weighted by molar-refractivity contribution is 6.00. The van der Waals surface area contributed by atoms with Crippen molar-refractivity contribution >= 4 is 17.6 Å². The lowest BCUT2D eigenvalue weighted by Crippen LogP contribution is -2.49. The van der Waals surface area contributed by atoms with Gasteiger partial charge in [-0.25, -0.2) is 0 Å². The lowest BCUT2D eigenvalue weighted by Gasteiger charge is -2.37. The van der Waals surface area contributed by atoms with Gasteiger partial charge in [0.1, 0.15) is 17.4 Å². The number of benzene rings is 1. The molecule has 2 aromatic rings. The van der Waals surface area contributed by atoms with E-state index in [2.05, 4.69) is 10.4 Å². The summed E-state index contributed by atoms with van der Waals surface area (Å²) in [5.74, 6) is 0.349. The Kier molecular flexibility index (Phi) is 6.04. The maximum Gasteiger partial charge on any atom is 0.242 e. The van der Waals surface area contributed by atoms with E-state index in [9.17, 15) is 14.4 Å². The van der Waals surface area contributed by atoms with E-state index in [1.807, 2.05) is 36.7 Å². The van der Waals surface area contributed by atoms with E-state index in [-0.39, 0.29) is 30.4 Å². The number of aromatic nitrogens is 2. The van der Waals surface area contributed by atoms with Crippen molar-refractivity contribution in [2.45, 2.75) is 64.6 Å². The maximum atomic E-state index is 12.8. The van der Waals surface area contributed by atoms with E-state index in [1.54, 1.807) is 24.0 Å². The number of carbonyl (C=O) groups excluding carboxylic acids is 3. The molecule has 0 unspecified atom stereocenters. The third-order valence-electron chi connectivity index (χ3n) is 6.49. The molecular weight excluding hydrogens is 408 g/mol. The normalized spacial score (nSPS) is 21.7. The monoisotopic (exact) mass is 438 g/mol. The standard InChI is InChI=1S/C24H30N4O4/c1-16-14-17(2)28(26-16)13-11-25-23(31)18(3)27-12-10-24(9-8-22(27)30)15-20(29)19-6-4-5-7-21(19)32-24/h4-7,14,18H,8-13,15H2,1-3H3,(H,25,31)/t18-,24+/m0/s1. The Balaban J connectivity index is 1.37. The van der Waals surface area contributed by atoms with Crippen molar-refractivity contribution in [1.82, 2.24) is 20.0 Å². The van der Waals surface area contributed by atoms with Crippen LogP contribution in [0.2, 0.25) is 0 Å². The van der Waals surface area contributed by atoms with E-state index in [1.165, 1.54) is 0 Å². The zero-order valence-corrected chi connectivity index (χ0v) is 18.9. The first-order valence-electron chi connectivity index (χ1n) is 11.2. The Bertz CT molecular complexity index is 1050. The number of ketones is 1. The summed E-state index contributed by atoms with van der Waals surface area (Å²) >= 11 is 0. The Morgan fingerprint density at radius 2 is 2.03 bits per heavy atom. The number of aryl methyl sites for hydroxylation is 2. The van der Waals surface area contributed by atoms with Crippen LogP contribution < -0.4 is 10.1 Å². The van der Waals surface area contributed by atoms with Gasteiger partial charge in [0, 0.05) is 31.6 Å². The largest absolute Gasteiger partial charge is 0.486 e. The number of fused-ring (bicyclic) bond motifs is 1. The molecule has 0 radical (unpaired) electrons. The predicted octanol–water partition coefficient (Wildman–Crippen LogP) is 2.42. The summed E-state index contributed by atoms with van der Waals surface area (Å²) in [6.45, 7) is 7.05. The Morgan fingerprint density at radius 3 is 2.78 bits per heavy atom. The average Bonchev–Trinajstić information content (AvgIpc) is 3.00. The summed E-state index contributed by atoms with van der Waals surface area (Å²) in [6.07, 6.45) is 1.49. The van der Waals surface area contributed by atoms with Crippen molar-refractivity contribution in [3.8, 4) is 5.75 Å². The van der Waals surface area contributed by atoms with Crippen LogP contribution in [0.1, 0.15) is 54.4 Å². The molecule has 8 heteroatoms. The van der Waals surface area contributed by atoms with Crippen molar-refractivity contribution in [2.75, 3.05) is 13.1 Å². The fourth-order valence-electron chi connectivity index (χ4n) is 4.66. The van der Waals surface area contributed by atoms with Crippen LogP contribution in [0.4, 0.5) is 0 Å². The van der Waals surface area contributed by atoms with Gasteiger partial charge in [-0.2, -0.15) is 5.10 Å². The van der Waals surface area contributed by atoms with E-state index < -0.39 is 11.6 Å². The molecule has 4 rings (SSSR count). The molecule has 2 aliphatic rings. The van der Waals surface area contributed by atoms with Crippen LogP contribution in [0.15, 0.2) is 30.3 Å². The van der Waals surface area contributed by atoms with Crippen LogP contribution >= 0.6 is 0 Å². The van der Waals surface area contributed by atoms with Gasteiger partial charge in [-0.15, -0.1) is 0 Å². The van der Waals surface area contributed by atoms with Gasteiger partial charge in [0.2, 0.25) is 11.8 Å². The molecule has 0 aliphatic carbocycles. The number of nitrogens with zero attached hydrogens (tertiary/aromatic N) is 3. The van der Waals surface area contributed by atoms with E-state index in [0.29, 0.717) is 43.8 Å². The average molecular weight is 439 g/mol. The minimum Gasteiger partial charge on any atom is -0.486 e. The van der Waals surface area contributed by atoms with Crippen LogP contribution in [-0.2, 0) is 16.1 Å². The molecule has 1 N–H and O–H groups in total. The van der Waals surface area contributed by atoms with Crippen molar-refractivity contribution in [2.24, 2.45) is 0 Å². The van der Waals surface area contributed by atoms with Gasteiger partial charge < -0.3 is 15.0 Å². The third kappa shape index (κ3) is 4.40. The van der Waals surface area contributed by atoms with Crippen LogP contribution in [0.25, 0.3) is 0 Å². The highest BCUT2D eigenvalue weighted by atomic mass is 16.5. The molecule has 1 aromatic carbocycles. The van der Waals surface area contributed by atoms with Crippen LogP contribution in [0, 0.1) is 13.8 Å². The quantitative estimate of drug-likeness (QED) is 0.774. The summed E-state index contributed by atoms with van der Waals surface area (Å²) in [6, 6.07) is 8.65. The number of hydrogen-bond acceptors (Lipinski definition) is 5. The first kappa shape index (κ1) is 22.0. The summed E-state index contributed by atoms with van der Waals surface area (Å²) in [7, 11) is 0. The maximum absolute atomic E-state index is 12.8. The number of ether oxygens (including phenoxy) is 1. The van der Waals surface area contributed by atoms with Gasteiger partial charge in [0.15, 0.2) is 5.78 Å². The molecule has 1 fully saturated rings. The molecular formula is C24H30N4O4. The molecule has 0 saturated carbocycles. The molecule has 170 valence electrons. The van der Waals surface area contributed by atoms with Gasteiger partial charge in [-0.05, 0) is 45.4 Å². The second kappa shape index (κ2) is 8.76. The molecule has 3 heterocycles. The third-order valence-corrected chi connectivity index (χ3v) is 6.49. The number of hydrogen-bond donors (Lipinski definition) is 1. The first-order chi connectivity index (χ1) is 15.3. The van der Waals surface area contributed by atoms with Crippen molar-refractivity contribution < 1.29 is 19.1 Å². The SMILES string of the molecule is Cc1cc(C)n(CCNC(=O)[C@H](C)N2CC[C@]3(CCC2=O)CC(=O)c2ccccc2O3)n1. The second-order valence-corrected chi connectivity index (χ2v) is 8.84. The van der Waals surface area contributed by atoms with Crippen molar-refractivity contribution in [3.63, 3.8) is 0 Å². The minimum absolute atomic E-state index is 0.0442. The van der Waals surface area contributed by atoms with Gasteiger partial charge in [-0.3, -0.25) is 19.1 Å². The van der Waals surface area contributed by atoms with E-state index in [0.717, 1.165) is 11.4 Å². The highest BCUT2D eigenvalue weighted by Crippen LogP contribution is 2.39. The molecule has 1 spiro atoms. The Morgan fingerprint density at radius 1 is 1.25 bits per heavy atom. The fraction of sp³-hybridized carbons (Fsp3) is 0.500. The Labute approximate surface area is 187 Å². The molecule has 8 nitrogen and oxygen atoms in total. The fourth-order valence-corrected chi connectivity index (χ4v) is 4.66. The van der Waals surface area contributed by atoms with Crippen LogP contribution in [0.5, 0.6) is 5.75 Å². The number of carbonyl (C=O) groups is 3. The summed E-state index contributed by atoms with van der Waals surface area (Å²) < 4.78 is 8.12. The van der Waals surface area contributed by atoms with Gasteiger partial charge >= 0.3 is 0 Å². The number of nitrogens with one attached hydrogen (secondary N) is 1. The van der Waals surface area contributed by atoms with Crippen LogP contribution in [-0.4, -0.2) is 57.0 Å². The van der Waals surface area contributed by atoms with E-state index >= 15 is 0 Å². The van der Waals surface area contributed by atoms with Gasteiger partial charge in [0.25, 0.3) is 0 Å². The number of likely N-dealkylation sites (tertiary alicyclic amines) is 1. The van der Waals surface area contributed by atoms with E-state index in [4.69, 9.17) is 4.74 Å². The smallest absolute Gasteiger partial charge is 0.242 e. The number of Topliss-reactive ketones (excluding diaryl/α,β-unsaturated/α-hetero) is 1. The molecule has 2 aliphatic heterocycles. The molecule has 0 bridgehead atoms. The number of amides is 2. The topological polar surface area (TPSA) is 93.5 Å². The van der Waals surface area contributed by atoms with Crippen LogP contribution in [0.3, 0.4) is 0 Å². The molecule has 1 saturated heterocycles. The molecule has 2 atom stereocenters. The lowest BCUT2D eigenvalue weighted by molar-refractivity contribution is -0.139. The summed E-state index contributed by atoms with van der Waals surface area (Å²) in [5, 5.41) is 7.31. The highest BCUT2D eigenvalue weighted by Gasteiger charge is 2.44. The zero-order chi connectivity index (χ0) is 22.9. The molecule has 32 heavy (non-hydrogen) atoms. The first-order valence-corrected chi connectivity index (χ1v) is 11.2. The minimum atomic E-state index is -0.693. The van der Waals surface area contributed by atoms with Crippen molar-refractivity contribution in [3.05, 3.63) is 47.3 Å². The predicted molar refractivity (Wildman–Crippen MR) is 118 cm³/mol. The summed E-state index contributed by atoms with van der Waals surface area (Å²) in [4.78, 5) is 39.9.